The Morgan fingerprint density at radius 3 is 2.63 bits per heavy atom. The molecule has 0 radical (unpaired) electrons. The van der Waals surface area contributed by atoms with Crippen molar-refractivity contribution in [2.24, 2.45) is 0 Å². The Balaban J connectivity index is 1.58. The van der Waals surface area contributed by atoms with Gasteiger partial charge in [0.2, 0.25) is 0 Å². The summed E-state index contributed by atoms with van der Waals surface area (Å²) >= 11 is 0. The van der Waals surface area contributed by atoms with Crippen molar-refractivity contribution in [3.8, 4) is 23.1 Å². The van der Waals surface area contributed by atoms with Gasteiger partial charge in [0.05, 0.1) is 19.8 Å². The molecular formula is C19H15N3O5. The number of anilines is 1. The number of fused-ring (bicyclic) bond motifs is 1. The lowest BCUT2D eigenvalue weighted by atomic mass is 10.1. The van der Waals surface area contributed by atoms with Gasteiger partial charge in [-0.15, -0.1) is 5.10 Å². The average Bonchev–Trinajstić information content (AvgIpc) is 3.33. The highest BCUT2D eigenvalue weighted by atomic mass is 16.5. The maximum absolute atomic E-state index is 12.6. The van der Waals surface area contributed by atoms with Crippen molar-refractivity contribution < 1.29 is 23.1 Å². The highest BCUT2D eigenvalue weighted by molar-refractivity contribution is 6.05. The van der Waals surface area contributed by atoms with Crippen molar-refractivity contribution >= 4 is 22.9 Å². The first-order valence-corrected chi connectivity index (χ1v) is 8.04. The van der Waals surface area contributed by atoms with Gasteiger partial charge in [0.25, 0.3) is 11.8 Å². The number of aromatic nitrogens is 2. The quantitative estimate of drug-likeness (QED) is 0.575. The van der Waals surface area contributed by atoms with Crippen molar-refractivity contribution in [1.29, 1.82) is 0 Å². The van der Waals surface area contributed by atoms with Gasteiger partial charge < -0.3 is 18.3 Å². The Hall–Kier alpha value is -3.81. The van der Waals surface area contributed by atoms with Crippen molar-refractivity contribution in [2.45, 2.75) is 0 Å². The predicted octanol–water partition coefficient (Wildman–Crippen LogP) is 3.75. The predicted molar refractivity (Wildman–Crippen MR) is 97.0 cm³/mol. The fraction of sp³-hybridized carbons (Fsp3) is 0.105. The van der Waals surface area contributed by atoms with Crippen molar-refractivity contribution in [3.63, 3.8) is 0 Å². The summed E-state index contributed by atoms with van der Waals surface area (Å²) in [5, 5.41) is 11.2. The molecule has 27 heavy (non-hydrogen) atoms. The van der Waals surface area contributed by atoms with E-state index in [0.717, 1.165) is 5.39 Å². The number of hydrogen-bond donors (Lipinski definition) is 1. The third-order valence-corrected chi connectivity index (χ3v) is 3.93. The van der Waals surface area contributed by atoms with Gasteiger partial charge in [-0.2, -0.15) is 0 Å². The van der Waals surface area contributed by atoms with E-state index in [9.17, 15) is 4.79 Å². The first-order chi connectivity index (χ1) is 13.2. The van der Waals surface area contributed by atoms with E-state index in [1.807, 2.05) is 24.3 Å². The van der Waals surface area contributed by atoms with E-state index in [4.69, 9.17) is 18.3 Å². The fourth-order valence-electron chi connectivity index (χ4n) is 2.69. The zero-order valence-corrected chi connectivity index (χ0v) is 14.6. The van der Waals surface area contributed by atoms with Crippen LogP contribution in [0.1, 0.15) is 10.4 Å². The summed E-state index contributed by atoms with van der Waals surface area (Å²) in [5.74, 6) is 0.876. The molecule has 1 amide bonds. The van der Waals surface area contributed by atoms with Crippen LogP contribution in [0.15, 0.2) is 57.4 Å². The largest absolute Gasteiger partial charge is 0.493 e. The van der Waals surface area contributed by atoms with Crippen LogP contribution in [0, 0.1) is 0 Å². The van der Waals surface area contributed by atoms with E-state index in [2.05, 4.69) is 15.5 Å². The van der Waals surface area contributed by atoms with Gasteiger partial charge in [0.1, 0.15) is 5.58 Å². The Kier molecular flexibility index (Phi) is 4.21. The SMILES string of the molecule is COc1cccc(C(=O)Nc2nnc(-c3cc4ccccc4o3)o2)c1OC. The number of carbonyl (C=O) groups excluding carboxylic acids is 1. The molecule has 4 aromatic rings. The molecule has 8 nitrogen and oxygen atoms in total. The van der Waals surface area contributed by atoms with Crippen molar-refractivity contribution in [2.75, 3.05) is 19.5 Å². The highest BCUT2D eigenvalue weighted by Crippen LogP contribution is 2.31. The van der Waals surface area contributed by atoms with Crippen LogP contribution < -0.4 is 14.8 Å². The topological polar surface area (TPSA) is 99.6 Å². The Morgan fingerprint density at radius 2 is 1.85 bits per heavy atom. The standard InChI is InChI=1S/C19H15N3O5/c1-24-14-9-5-7-12(16(14)25-2)17(23)20-19-22-21-18(27-19)15-10-11-6-3-4-8-13(11)26-15/h3-10H,1-2H3,(H,20,22,23). The van der Waals surface area contributed by atoms with Gasteiger partial charge in [-0.3, -0.25) is 10.1 Å². The minimum atomic E-state index is -0.467. The van der Waals surface area contributed by atoms with Crippen LogP contribution in [-0.4, -0.2) is 30.3 Å². The number of nitrogens with one attached hydrogen (secondary N) is 1. The second kappa shape index (κ2) is 6.83. The molecule has 0 saturated carbocycles. The lowest BCUT2D eigenvalue weighted by Gasteiger charge is -2.11. The molecule has 0 unspecified atom stereocenters. The number of nitrogens with zero attached hydrogens (tertiary/aromatic N) is 2. The Bertz CT molecular complexity index is 1080. The molecule has 2 aromatic heterocycles. The first kappa shape index (κ1) is 16.6. The maximum atomic E-state index is 12.6. The van der Waals surface area contributed by atoms with Gasteiger partial charge in [-0.05, 0) is 24.3 Å². The first-order valence-electron chi connectivity index (χ1n) is 8.04. The molecule has 1 N–H and O–H groups in total. The fourth-order valence-corrected chi connectivity index (χ4v) is 2.69. The minimum Gasteiger partial charge on any atom is -0.493 e. The molecule has 0 aliphatic carbocycles. The molecule has 0 bridgehead atoms. The summed E-state index contributed by atoms with van der Waals surface area (Å²) in [6.45, 7) is 0. The Morgan fingerprint density at radius 1 is 1.00 bits per heavy atom. The highest BCUT2D eigenvalue weighted by Gasteiger charge is 2.20. The summed E-state index contributed by atoms with van der Waals surface area (Å²) in [6, 6.07) is 14.3. The second-order valence-electron chi connectivity index (χ2n) is 5.56. The number of carbonyl (C=O) groups is 1. The van der Waals surface area contributed by atoms with Crippen LogP contribution >= 0.6 is 0 Å². The summed E-state index contributed by atoms with van der Waals surface area (Å²) < 4.78 is 21.6. The number of benzene rings is 2. The molecule has 136 valence electrons. The van der Waals surface area contributed by atoms with E-state index in [0.29, 0.717) is 22.8 Å². The van der Waals surface area contributed by atoms with Crippen LogP contribution in [0.25, 0.3) is 22.6 Å². The number of amides is 1. The second-order valence-corrected chi connectivity index (χ2v) is 5.56. The van der Waals surface area contributed by atoms with Crippen LogP contribution in [0.5, 0.6) is 11.5 Å². The number of ether oxygens (including phenoxy) is 2. The molecule has 2 heterocycles. The molecule has 2 aromatic carbocycles. The van der Waals surface area contributed by atoms with Gasteiger partial charge in [0.15, 0.2) is 17.3 Å². The summed E-state index contributed by atoms with van der Waals surface area (Å²) in [7, 11) is 2.96. The molecule has 4 rings (SSSR count). The normalized spacial score (nSPS) is 10.7. The summed E-state index contributed by atoms with van der Waals surface area (Å²) in [6.07, 6.45) is 0. The van der Waals surface area contributed by atoms with E-state index < -0.39 is 5.91 Å². The summed E-state index contributed by atoms with van der Waals surface area (Å²) in [5.41, 5.74) is 0.984. The van der Waals surface area contributed by atoms with Crippen LogP contribution in [-0.2, 0) is 0 Å². The number of hydrogen-bond acceptors (Lipinski definition) is 7. The Labute approximate surface area is 153 Å². The van der Waals surface area contributed by atoms with E-state index in [1.54, 1.807) is 24.3 Å². The lowest BCUT2D eigenvalue weighted by molar-refractivity contribution is 0.102. The van der Waals surface area contributed by atoms with Gasteiger partial charge in [0, 0.05) is 5.39 Å². The number of furan rings is 1. The molecule has 0 atom stereocenters. The zero-order valence-electron chi connectivity index (χ0n) is 14.6. The maximum Gasteiger partial charge on any atom is 0.322 e. The van der Waals surface area contributed by atoms with Crippen molar-refractivity contribution in [3.05, 3.63) is 54.1 Å². The average molecular weight is 365 g/mol. The smallest absolute Gasteiger partial charge is 0.322 e. The van der Waals surface area contributed by atoms with E-state index in [-0.39, 0.29) is 17.5 Å². The van der Waals surface area contributed by atoms with Crippen LogP contribution in [0.2, 0.25) is 0 Å². The lowest BCUT2D eigenvalue weighted by Crippen LogP contribution is -2.13. The third-order valence-electron chi connectivity index (χ3n) is 3.93. The van der Waals surface area contributed by atoms with E-state index >= 15 is 0 Å². The monoisotopic (exact) mass is 365 g/mol. The number of methoxy groups -OCH3 is 2. The molecule has 0 fully saturated rings. The molecule has 0 aliphatic rings. The van der Waals surface area contributed by atoms with Crippen LogP contribution in [0.3, 0.4) is 0 Å². The van der Waals surface area contributed by atoms with E-state index in [1.165, 1.54) is 14.2 Å². The van der Waals surface area contributed by atoms with Crippen molar-refractivity contribution in [1.82, 2.24) is 10.2 Å². The minimum absolute atomic E-state index is 0.0553. The molecule has 0 aliphatic heterocycles. The third kappa shape index (κ3) is 3.08. The molecule has 0 saturated heterocycles. The molecule has 8 heteroatoms. The zero-order chi connectivity index (χ0) is 18.8. The van der Waals surface area contributed by atoms with Gasteiger partial charge >= 0.3 is 6.01 Å². The van der Waals surface area contributed by atoms with Gasteiger partial charge in [-0.25, -0.2) is 0 Å². The number of para-hydroxylation sites is 2. The number of rotatable bonds is 5. The summed E-state index contributed by atoms with van der Waals surface area (Å²) in [4.78, 5) is 12.6. The molecular weight excluding hydrogens is 350 g/mol. The van der Waals surface area contributed by atoms with Gasteiger partial charge in [-0.1, -0.05) is 29.4 Å². The van der Waals surface area contributed by atoms with Crippen LogP contribution in [0.4, 0.5) is 6.01 Å². The molecule has 0 spiro atoms.